The first-order valence-electron chi connectivity index (χ1n) is 5.26. The second kappa shape index (κ2) is 5.16. The normalized spacial score (nSPS) is 9.94. The summed E-state index contributed by atoms with van der Waals surface area (Å²) in [6, 6.07) is 7.52. The summed E-state index contributed by atoms with van der Waals surface area (Å²) in [5, 5.41) is 0. The number of nitrogens with zero attached hydrogens (tertiary/aromatic N) is 2. The van der Waals surface area contributed by atoms with E-state index in [9.17, 15) is 0 Å². The molecule has 17 heavy (non-hydrogen) atoms. The topological polar surface area (TPSA) is 70.3 Å². The number of anilines is 1. The molecule has 2 aromatic rings. The van der Waals surface area contributed by atoms with Crippen molar-refractivity contribution < 1.29 is 9.47 Å². The summed E-state index contributed by atoms with van der Waals surface area (Å²) in [6.45, 7) is 2.58. The molecule has 0 saturated heterocycles. The van der Waals surface area contributed by atoms with Gasteiger partial charge in [-0.3, -0.25) is 0 Å². The van der Waals surface area contributed by atoms with Gasteiger partial charge in [-0.15, -0.1) is 0 Å². The van der Waals surface area contributed by atoms with E-state index in [0.29, 0.717) is 18.0 Å². The Morgan fingerprint density at radius 1 is 1.06 bits per heavy atom. The SMILES string of the molecule is CCOc1ccc(Oc2ncc(N)cn2)cc1. The van der Waals surface area contributed by atoms with Crippen molar-refractivity contribution in [3.8, 4) is 17.5 Å². The van der Waals surface area contributed by atoms with Gasteiger partial charge in [0.05, 0.1) is 24.7 Å². The summed E-state index contributed by atoms with van der Waals surface area (Å²) >= 11 is 0. The lowest BCUT2D eigenvalue weighted by Crippen LogP contribution is -1.94. The van der Waals surface area contributed by atoms with E-state index in [1.807, 2.05) is 19.1 Å². The van der Waals surface area contributed by atoms with Crippen LogP contribution in [0.1, 0.15) is 6.92 Å². The summed E-state index contributed by atoms with van der Waals surface area (Å²) in [7, 11) is 0. The molecule has 0 aliphatic rings. The highest BCUT2D eigenvalue weighted by molar-refractivity contribution is 5.34. The fourth-order valence-electron chi connectivity index (χ4n) is 1.25. The molecule has 0 fully saturated rings. The van der Waals surface area contributed by atoms with Crippen molar-refractivity contribution in [1.82, 2.24) is 9.97 Å². The van der Waals surface area contributed by atoms with Crippen LogP contribution in [-0.2, 0) is 0 Å². The molecule has 0 saturated carbocycles. The van der Waals surface area contributed by atoms with E-state index in [1.165, 1.54) is 12.4 Å². The van der Waals surface area contributed by atoms with Gasteiger partial charge >= 0.3 is 6.01 Å². The van der Waals surface area contributed by atoms with Crippen LogP contribution < -0.4 is 15.2 Å². The van der Waals surface area contributed by atoms with Crippen molar-refractivity contribution in [1.29, 1.82) is 0 Å². The third-order valence-corrected chi connectivity index (χ3v) is 1.99. The minimum atomic E-state index is 0.267. The average Bonchev–Trinajstić information content (AvgIpc) is 2.35. The van der Waals surface area contributed by atoms with Crippen LogP contribution in [0.3, 0.4) is 0 Å². The lowest BCUT2D eigenvalue weighted by Gasteiger charge is -2.05. The molecule has 0 atom stereocenters. The lowest BCUT2D eigenvalue weighted by atomic mass is 10.3. The first kappa shape index (κ1) is 11.2. The maximum Gasteiger partial charge on any atom is 0.322 e. The first-order valence-corrected chi connectivity index (χ1v) is 5.26. The van der Waals surface area contributed by atoms with Gasteiger partial charge in [0.15, 0.2) is 0 Å². The molecule has 1 aromatic carbocycles. The molecule has 0 bridgehead atoms. The zero-order valence-corrected chi connectivity index (χ0v) is 9.46. The molecule has 2 N–H and O–H groups in total. The maximum atomic E-state index is 5.48. The molecule has 1 heterocycles. The summed E-state index contributed by atoms with van der Waals surface area (Å²) in [4.78, 5) is 7.89. The smallest absolute Gasteiger partial charge is 0.322 e. The highest BCUT2D eigenvalue weighted by Crippen LogP contribution is 2.21. The molecule has 0 unspecified atom stereocenters. The third kappa shape index (κ3) is 3.07. The lowest BCUT2D eigenvalue weighted by molar-refractivity contribution is 0.339. The number of rotatable bonds is 4. The van der Waals surface area contributed by atoms with E-state index in [4.69, 9.17) is 15.2 Å². The fourth-order valence-corrected chi connectivity index (χ4v) is 1.25. The van der Waals surface area contributed by atoms with Gasteiger partial charge in [0.1, 0.15) is 11.5 Å². The number of hydrogen-bond acceptors (Lipinski definition) is 5. The van der Waals surface area contributed by atoms with Crippen LogP contribution in [0.25, 0.3) is 0 Å². The van der Waals surface area contributed by atoms with Crippen LogP contribution >= 0.6 is 0 Å². The zero-order valence-electron chi connectivity index (χ0n) is 9.46. The zero-order chi connectivity index (χ0) is 12.1. The number of nitrogen functional groups attached to an aromatic ring is 1. The highest BCUT2D eigenvalue weighted by Gasteiger charge is 2.00. The van der Waals surface area contributed by atoms with Crippen molar-refractivity contribution >= 4 is 5.69 Å². The van der Waals surface area contributed by atoms with Crippen LogP contribution in [-0.4, -0.2) is 16.6 Å². The second-order valence-electron chi connectivity index (χ2n) is 3.31. The molecule has 0 spiro atoms. The predicted molar refractivity (Wildman–Crippen MR) is 64.1 cm³/mol. The Morgan fingerprint density at radius 3 is 2.24 bits per heavy atom. The van der Waals surface area contributed by atoms with Gasteiger partial charge < -0.3 is 15.2 Å². The predicted octanol–water partition coefficient (Wildman–Crippen LogP) is 2.25. The Morgan fingerprint density at radius 2 is 1.65 bits per heavy atom. The number of benzene rings is 1. The summed E-state index contributed by atoms with van der Waals surface area (Å²) in [6.07, 6.45) is 2.99. The van der Waals surface area contributed by atoms with Gasteiger partial charge in [0, 0.05) is 0 Å². The molecule has 0 amide bonds. The Hall–Kier alpha value is -2.30. The van der Waals surface area contributed by atoms with Crippen molar-refractivity contribution in [3.05, 3.63) is 36.7 Å². The van der Waals surface area contributed by atoms with Gasteiger partial charge in [0.2, 0.25) is 0 Å². The molecule has 1 aromatic heterocycles. The van der Waals surface area contributed by atoms with Crippen LogP contribution in [0.5, 0.6) is 17.5 Å². The minimum absolute atomic E-state index is 0.267. The van der Waals surface area contributed by atoms with Crippen molar-refractivity contribution in [2.45, 2.75) is 6.92 Å². The van der Waals surface area contributed by atoms with Gasteiger partial charge in [-0.25, -0.2) is 9.97 Å². The van der Waals surface area contributed by atoms with Gasteiger partial charge in [0.25, 0.3) is 0 Å². The number of hydrogen-bond donors (Lipinski definition) is 1. The van der Waals surface area contributed by atoms with Gasteiger partial charge in [-0.05, 0) is 31.2 Å². The van der Waals surface area contributed by atoms with E-state index >= 15 is 0 Å². The Labute approximate surface area is 99.2 Å². The van der Waals surface area contributed by atoms with E-state index in [-0.39, 0.29) is 6.01 Å². The maximum absolute atomic E-state index is 5.48. The van der Waals surface area contributed by atoms with Gasteiger partial charge in [-0.1, -0.05) is 0 Å². The molecule has 2 rings (SSSR count). The molecule has 5 nitrogen and oxygen atoms in total. The quantitative estimate of drug-likeness (QED) is 0.873. The van der Waals surface area contributed by atoms with Crippen LogP contribution in [0.2, 0.25) is 0 Å². The van der Waals surface area contributed by atoms with Crippen LogP contribution in [0.15, 0.2) is 36.7 Å². The minimum Gasteiger partial charge on any atom is -0.494 e. The number of nitrogens with two attached hydrogens (primary N) is 1. The summed E-state index contributed by atoms with van der Waals surface area (Å²) < 4.78 is 10.8. The average molecular weight is 231 g/mol. The molecule has 0 radical (unpaired) electrons. The Balaban J connectivity index is 2.05. The monoisotopic (exact) mass is 231 g/mol. The Kier molecular flexibility index (Phi) is 3.40. The van der Waals surface area contributed by atoms with E-state index < -0.39 is 0 Å². The highest BCUT2D eigenvalue weighted by atomic mass is 16.5. The fraction of sp³-hybridized carbons (Fsp3) is 0.167. The Bertz CT molecular complexity index is 468. The van der Waals surface area contributed by atoms with Crippen LogP contribution in [0, 0.1) is 0 Å². The van der Waals surface area contributed by atoms with E-state index in [1.54, 1.807) is 12.1 Å². The second-order valence-corrected chi connectivity index (χ2v) is 3.31. The van der Waals surface area contributed by atoms with Crippen molar-refractivity contribution in [2.75, 3.05) is 12.3 Å². The molecular formula is C12H13N3O2. The molecule has 0 aliphatic heterocycles. The van der Waals surface area contributed by atoms with Crippen LogP contribution in [0.4, 0.5) is 5.69 Å². The summed E-state index contributed by atoms with van der Waals surface area (Å²) in [5.74, 6) is 1.45. The third-order valence-electron chi connectivity index (χ3n) is 1.99. The molecule has 5 heteroatoms. The van der Waals surface area contributed by atoms with E-state index in [0.717, 1.165) is 5.75 Å². The number of aromatic nitrogens is 2. The van der Waals surface area contributed by atoms with Crippen molar-refractivity contribution in [3.63, 3.8) is 0 Å². The molecule has 0 aliphatic carbocycles. The molecule has 88 valence electrons. The van der Waals surface area contributed by atoms with E-state index in [2.05, 4.69) is 9.97 Å². The summed E-state index contributed by atoms with van der Waals surface area (Å²) in [5.41, 5.74) is 5.98. The van der Waals surface area contributed by atoms with Gasteiger partial charge in [-0.2, -0.15) is 0 Å². The first-order chi connectivity index (χ1) is 8.28. The number of ether oxygens (including phenoxy) is 2. The standard InChI is InChI=1S/C12H13N3O2/c1-2-16-10-3-5-11(6-4-10)17-12-14-7-9(13)8-15-12/h3-8H,2,13H2,1H3. The van der Waals surface area contributed by atoms with Crippen molar-refractivity contribution in [2.24, 2.45) is 0 Å². The molecular weight excluding hydrogens is 218 g/mol. The largest absolute Gasteiger partial charge is 0.494 e.